The first-order valence-corrected chi connectivity index (χ1v) is 9.41. The number of carbonyl (C=O) groups is 1. The predicted octanol–water partition coefficient (Wildman–Crippen LogP) is 1.84. The highest BCUT2D eigenvalue weighted by molar-refractivity contribution is 5.78. The molecule has 146 valence electrons. The van der Waals surface area contributed by atoms with Crippen LogP contribution in [0.2, 0.25) is 0 Å². The van der Waals surface area contributed by atoms with Gasteiger partial charge in [-0.05, 0) is 37.7 Å². The zero-order valence-electron chi connectivity index (χ0n) is 15.7. The summed E-state index contributed by atoms with van der Waals surface area (Å²) in [6.45, 7) is 0.864. The van der Waals surface area contributed by atoms with Crippen LogP contribution in [0.4, 0.5) is 5.95 Å². The second-order valence-corrected chi connectivity index (χ2v) is 6.54. The van der Waals surface area contributed by atoms with Crippen LogP contribution in [0.5, 0.6) is 0 Å². The molecule has 7 heteroatoms. The Hall–Kier alpha value is -2.96. The number of H-pyrrole nitrogens is 1. The second kappa shape index (κ2) is 11.6. The average Bonchev–Trinajstić information content (AvgIpc) is 3.07. The molecule has 1 amide bonds. The number of allylic oxidation sites excluding steroid dienone is 1. The number of aromatic amines is 1. The number of nitrogens with zero attached hydrogens (tertiary/aromatic N) is 1. The van der Waals surface area contributed by atoms with Crippen molar-refractivity contribution in [1.29, 1.82) is 0 Å². The topological polar surface area (TPSA) is 122 Å². The van der Waals surface area contributed by atoms with Gasteiger partial charge < -0.3 is 27.1 Å². The van der Waals surface area contributed by atoms with E-state index < -0.39 is 0 Å². The van der Waals surface area contributed by atoms with E-state index in [1.807, 2.05) is 18.2 Å². The molecule has 0 aliphatic carbocycles. The summed E-state index contributed by atoms with van der Waals surface area (Å²) in [6, 6.07) is 10.1. The van der Waals surface area contributed by atoms with Gasteiger partial charge in [0.25, 0.3) is 0 Å². The SMILES string of the molecule is N/C(=C\NCC(=O)NCCc1ccccc1)CCCCCc1cnc(N)[nH]1. The van der Waals surface area contributed by atoms with E-state index in [0.717, 1.165) is 49.9 Å². The van der Waals surface area contributed by atoms with E-state index in [2.05, 4.69) is 32.7 Å². The molecule has 0 atom stereocenters. The van der Waals surface area contributed by atoms with Crippen molar-refractivity contribution in [1.82, 2.24) is 20.6 Å². The fourth-order valence-corrected chi connectivity index (χ4v) is 2.73. The number of anilines is 1. The third-order valence-corrected chi connectivity index (χ3v) is 4.19. The molecule has 1 aromatic heterocycles. The molecule has 1 aromatic carbocycles. The summed E-state index contributed by atoms with van der Waals surface area (Å²) < 4.78 is 0. The van der Waals surface area contributed by atoms with Gasteiger partial charge in [0.1, 0.15) is 0 Å². The Labute approximate surface area is 160 Å². The van der Waals surface area contributed by atoms with Crippen molar-refractivity contribution in [3.63, 3.8) is 0 Å². The summed E-state index contributed by atoms with van der Waals surface area (Å²) in [5.41, 5.74) is 14.6. The van der Waals surface area contributed by atoms with Gasteiger partial charge in [-0.2, -0.15) is 0 Å². The van der Waals surface area contributed by atoms with Gasteiger partial charge in [-0.15, -0.1) is 0 Å². The highest BCUT2D eigenvalue weighted by atomic mass is 16.1. The van der Waals surface area contributed by atoms with Gasteiger partial charge in [-0.25, -0.2) is 4.98 Å². The van der Waals surface area contributed by atoms with E-state index in [4.69, 9.17) is 11.5 Å². The van der Waals surface area contributed by atoms with Gasteiger partial charge in [0.2, 0.25) is 5.91 Å². The number of nitrogens with two attached hydrogens (primary N) is 2. The van der Waals surface area contributed by atoms with Crippen LogP contribution >= 0.6 is 0 Å². The molecule has 1 heterocycles. The Morgan fingerprint density at radius 2 is 1.96 bits per heavy atom. The quantitative estimate of drug-likeness (QED) is 0.365. The molecule has 0 bridgehead atoms. The third kappa shape index (κ3) is 8.80. The summed E-state index contributed by atoms with van der Waals surface area (Å²) in [5, 5.41) is 5.87. The highest BCUT2D eigenvalue weighted by Gasteiger charge is 2.00. The number of nitrogens with one attached hydrogen (secondary N) is 3. The smallest absolute Gasteiger partial charge is 0.239 e. The van der Waals surface area contributed by atoms with E-state index in [1.54, 1.807) is 12.4 Å². The van der Waals surface area contributed by atoms with Crippen LogP contribution in [0.15, 0.2) is 48.4 Å². The van der Waals surface area contributed by atoms with E-state index >= 15 is 0 Å². The van der Waals surface area contributed by atoms with Crippen LogP contribution in [0.25, 0.3) is 0 Å². The number of hydrogen-bond donors (Lipinski definition) is 5. The minimum absolute atomic E-state index is 0.0335. The second-order valence-electron chi connectivity index (χ2n) is 6.54. The fraction of sp³-hybridized carbons (Fsp3) is 0.400. The summed E-state index contributed by atoms with van der Waals surface area (Å²) in [6.07, 6.45) is 9.24. The van der Waals surface area contributed by atoms with Crippen LogP contribution in [0.1, 0.15) is 36.9 Å². The van der Waals surface area contributed by atoms with Gasteiger partial charge in [-0.3, -0.25) is 4.79 Å². The standard InChI is InChI=1S/C20H30N6O/c21-17(9-5-2-6-10-18-14-25-20(22)26-18)13-23-15-19(27)24-12-11-16-7-3-1-4-8-16/h1,3-4,7-8,13-14,23H,2,5-6,9-12,15,21H2,(H,24,27)(H3,22,25,26)/b17-13-. The summed E-state index contributed by atoms with van der Waals surface area (Å²) in [4.78, 5) is 18.8. The van der Waals surface area contributed by atoms with Crippen molar-refractivity contribution in [2.24, 2.45) is 5.73 Å². The monoisotopic (exact) mass is 370 g/mol. The van der Waals surface area contributed by atoms with Crippen molar-refractivity contribution in [2.75, 3.05) is 18.8 Å². The van der Waals surface area contributed by atoms with Crippen molar-refractivity contribution in [3.05, 3.63) is 59.7 Å². The summed E-state index contributed by atoms with van der Waals surface area (Å²) in [7, 11) is 0. The fourth-order valence-electron chi connectivity index (χ4n) is 2.73. The molecule has 27 heavy (non-hydrogen) atoms. The molecule has 0 aliphatic heterocycles. The molecular weight excluding hydrogens is 340 g/mol. The van der Waals surface area contributed by atoms with Crippen molar-refractivity contribution < 1.29 is 4.79 Å². The first kappa shape index (κ1) is 20.4. The number of carbonyl (C=O) groups excluding carboxylic acids is 1. The highest BCUT2D eigenvalue weighted by Crippen LogP contribution is 2.08. The van der Waals surface area contributed by atoms with Crippen LogP contribution < -0.4 is 22.1 Å². The lowest BCUT2D eigenvalue weighted by molar-refractivity contribution is -0.120. The molecule has 0 spiro atoms. The molecule has 7 nitrogen and oxygen atoms in total. The molecular formula is C20H30N6O. The third-order valence-electron chi connectivity index (χ3n) is 4.19. The molecule has 2 rings (SSSR count). The van der Waals surface area contributed by atoms with Crippen LogP contribution in [0.3, 0.4) is 0 Å². The largest absolute Gasteiger partial charge is 0.401 e. The van der Waals surface area contributed by atoms with Crippen molar-refractivity contribution in [2.45, 2.75) is 38.5 Å². The number of unbranched alkanes of at least 4 members (excludes halogenated alkanes) is 2. The van der Waals surface area contributed by atoms with E-state index in [1.165, 1.54) is 5.56 Å². The first-order chi connectivity index (χ1) is 13.1. The molecule has 0 saturated heterocycles. The Bertz CT molecular complexity index is 710. The number of nitrogen functional groups attached to an aromatic ring is 1. The Morgan fingerprint density at radius 1 is 1.15 bits per heavy atom. The minimum Gasteiger partial charge on any atom is -0.401 e. The zero-order valence-corrected chi connectivity index (χ0v) is 15.7. The maximum Gasteiger partial charge on any atom is 0.239 e. The lowest BCUT2D eigenvalue weighted by Crippen LogP contribution is -2.33. The maximum absolute atomic E-state index is 11.8. The van der Waals surface area contributed by atoms with E-state index in [0.29, 0.717) is 12.5 Å². The number of imidazole rings is 1. The van der Waals surface area contributed by atoms with Crippen LogP contribution in [-0.2, 0) is 17.6 Å². The van der Waals surface area contributed by atoms with Gasteiger partial charge in [0, 0.05) is 24.1 Å². The maximum atomic E-state index is 11.8. The zero-order chi connectivity index (χ0) is 19.3. The van der Waals surface area contributed by atoms with E-state index in [9.17, 15) is 4.79 Å². The Kier molecular flexibility index (Phi) is 8.76. The van der Waals surface area contributed by atoms with Gasteiger partial charge >= 0.3 is 0 Å². The van der Waals surface area contributed by atoms with Crippen LogP contribution in [0, 0.1) is 0 Å². The van der Waals surface area contributed by atoms with Crippen molar-refractivity contribution >= 4 is 11.9 Å². The summed E-state index contributed by atoms with van der Waals surface area (Å²) in [5.74, 6) is 0.432. The minimum atomic E-state index is -0.0335. The van der Waals surface area contributed by atoms with Gasteiger partial charge in [-0.1, -0.05) is 36.8 Å². The molecule has 2 aromatic rings. The molecule has 0 radical (unpaired) electrons. The Balaban J connectivity index is 1.48. The van der Waals surface area contributed by atoms with Gasteiger partial charge in [0.05, 0.1) is 12.7 Å². The number of benzene rings is 1. The van der Waals surface area contributed by atoms with Crippen LogP contribution in [-0.4, -0.2) is 29.0 Å². The predicted molar refractivity (Wildman–Crippen MR) is 109 cm³/mol. The average molecular weight is 371 g/mol. The van der Waals surface area contributed by atoms with Gasteiger partial charge in [0.15, 0.2) is 5.95 Å². The first-order valence-electron chi connectivity index (χ1n) is 9.41. The molecule has 0 aliphatic rings. The number of amides is 1. The van der Waals surface area contributed by atoms with Crippen molar-refractivity contribution in [3.8, 4) is 0 Å². The summed E-state index contributed by atoms with van der Waals surface area (Å²) >= 11 is 0. The molecule has 0 fully saturated rings. The molecule has 0 unspecified atom stereocenters. The lowest BCUT2D eigenvalue weighted by atomic mass is 10.1. The number of rotatable bonds is 12. The van der Waals surface area contributed by atoms with E-state index in [-0.39, 0.29) is 12.5 Å². The lowest BCUT2D eigenvalue weighted by Gasteiger charge is -2.06. The number of aromatic nitrogens is 2. The molecule has 0 saturated carbocycles. The molecule has 7 N–H and O–H groups in total. The number of aryl methyl sites for hydroxylation is 1. The Morgan fingerprint density at radius 3 is 2.70 bits per heavy atom. The normalized spacial score (nSPS) is 11.3. The number of hydrogen-bond acceptors (Lipinski definition) is 5.